The Hall–Kier alpha value is -3.62. The zero-order valence-electron chi connectivity index (χ0n) is 47.0. The fourth-order valence-electron chi connectivity index (χ4n) is 9.48. The third kappa shape index (κ3) is 33.3. The second-order valence-electron chi connectivity index (χ2n) is 21.0. The molecule has 1 aromatic carbocycles. The van der Waals surface area contributed by atoms with Crippen LogP contribution in [0, 0.1) is 0 Å². The number of nitrogens with one attached hydrogen (secondary N) is 1. The number of hydrogen-bond donors (Lipinski definition) is 2. The Morgan fingerprint density at radius 3 is 1.72 bits per heavy atom. The SMILES string of the molecule is C=CCCCO[C@H]1O[C@H](COC(=O)OCc2ccccc2)[C@@H](O)[C@H](OC(=O)C[C@@H](CCCCCCCCCCC)OC(=O)CCCCCCCCCCCCC)[C@H]1NC(=O)C(F)(F)CCCCCCCCCCCC. The van der Waals surface area contributed by atoms with Crippen LogP contribution in [0.25, 0.3) is 0 Å². The summed E-state index contributed by atoms with van der Waals surface area (Å²) in [6, 6.07) is 7.33. The number of aliphatic hydroxyl groups is 1. The fourth-order valence-corrected chi connectivity index (χ4v) is 9.48. The highest BCUT2D eigenvalue weighted by Crippen LogP contribution is 2.30. The smallest absolute Gasteiger partial charge is 0.462 e. The largest absolute Gasteiger partial charge is 0.508 e. The molecular weight excluding hydrogens is 961 g/mol. The van der Waals surface area contributed by atoms with E-state index in [9.17, 15) is 24.3 Å². The van der Waals surface area contributed by atoms with Crippen molar-refractivity contribution in [3.05, 3.63) is 48.6 Å². The highest BCUT2D eigenvalue weighted by Gasteiger charge is 2.51. The van der Waals surface area contributed by atoms with Gasteiger partial charge in [0.15, 0.2) is 12.4 Å². The molecule has 0 bridgehead atoms. The number of hydrogen-bond acceptors (Lipinski definition) is 11. The summed E-state index contributed by atoms with van der Waals surface area (Å²) < 4.78 is 66.2. The molecule has 0 unspecified atom stereocenters. The number of carbonyl (C=O) groups excluding carboxylic acids is 4. The summed E-state index contributed by atoms with van der Waals surface area (Å²) in [6.07, 6.45) is 25.3. The van der Waals surface area contributed by atoms with Crippen LogP contribution in [0.3, 0.4) is 0 Å². The summed E-state index contributed by atoms with van der Waals surface area (Å²) in [4.78, 5) is 53.8. The van der Waals surface area contributed by atoms with Crippen LogP contribution in [0.1, 0.15) is 257 Å². The molecule has 0 aliphatic carbocycles. The normalized spacial score (nSPS) is 18.0. The van der Waals surface area contributed by atoms with Crippen molar-refractivity contribution < 1.29 is 61.5 Å². The van der Waals surface area contributed by atoms with Gasteiger partial charge >= 0.3 is 24.0 Å². The van der Waals surface area contributed by atoms with E-state index >= 15 is 8.78 Å². The van der Waals surface area contributed by atoms with E-state index in [4.69, 9.17) is 28.4 Å². The van der Waals surface area contributed by atoms with Crippen molar-refractivity contribution in [3.8, 4) is 0 Å². The number of alkyl halides is 2. The van der Waals surface area contributed by atoms with Gasteiger partial charge in [0, 0.05) is 12.8 Å². The second kappa shape index (κ2) is 44.4. The zero-order valence-corrected chi connectivity index (χ0v) is 47.0. The lowest BCUT2D eigenvalue weighted by molar-refractivity contribution is -0.275. The lowest BCUT2D eigenvalue weighted by Crippen LogP contribution is -2.67. The van der Waals surface area contributed by atoms with Crippen molar-refractivity contribution in [2.75, 3.05) is 13.2 Å². The standard InChI is InChI=1S/C61H103F2NO11/c1-5-9-13-16-19-22-24-26-29-32-38-44-53(65)73-51(43-37-31-28-25-21-18-15-11-7-3)47-54(66)75-57-55(64-59(68)61(62,63)45-39-33-30-27-23-20-17-14-10-6-2)58(70-46-40-12-8-4)74-52(56(57)67)49-72-60(69)71-48-50-41-35-34-36-42-50/h8,34-36,41-42,51-52,55-58,67H,4-7,9-33,37-40,43-49H2,1-3H3,(H,64,68)/t51-,52-,55-,56-,57-,58+/m1/s1. The Kier molecular flexibility index (Phi) is 39.9. The molecule has 1 amide bonds. The van der Waals surface area contributed by atoms with Gasteiger partial charge in [0.2, 0.25) is 0 Å². The molecule has 1 aliphatic rings. The average Bonchev–Trinajstić information content (AvgIpc) is 3.39. The molecule has 0 spiro atoms. The number of benzene rings is 1. The van der Waals surface area contributed by atoms with E-state index in [-0.39, 0.29) is 32.5 Å². The van der Waals surface area contributed by atoms with Crippen molar-refractivity contribution in [1.82, 2.24) is 5.32 Å². The molecule has 0 saturated carbocycles. The lowest BCUT2D eigenvalue weighted by Gasteiger charge is -2.44. The van der Waals surface area contributed by atoms with Crippen molar-refractivity contribution in [2.24, 2.45) is 0 Å². The third-order valence-corrected chi connectivity index (χ3v) is 14.1. The van der Waals surface area contributed by atoms with Gasteiger partial charge in [-0.15, -0.1) is 6.58 Å². The van der Waals surface area contributed by atoms with E-state index in [1.165, 1.54) is 96.3 Å². The minimum absolute atomic E-state index is 0.0252. The van der Waals surface area contributed by atoms with E-state index in [0.717, 1.165) is 70.6 Å². The molecule has 1 saturated heterocycles. The van der Waals surface area contributed by atoms with Crippen LogP contribution in [0.5, 0.6) is 0 Å². The fraction of sp³-hybridized carbons (Fsp3) is 0.803. The molecule has 12 nitrogen and oxygen atoms in total. The molecule has 0 radical (unpaired) electrons. The molecule has 0 aromatic heterocycles. The number of rotatable bonds is 48. The van der Waals surface area contributed by atoms with Crippen LogP contribution >= 0.6 is 0 Å². The number of amides is 1. The maximum atomic E-state index is 15.8. The first kappa shape index (κ1) is 67.5. The summed E-state index contributed by atoms with van der Waals surface area (Å²) in [5, 5.41) is 14.2. The Morgan fingerprint density at radius 1 is 0.680 bits per heavy atom. The summed E-state index contributed by atoms with van der Waals surface area (Å²) >= 11 is 0. The average molecular weight is 1060 g/mol. The van der Waals surface area contributed by atoms with Gasteiger partial charge in [0.25, 0.3) is 5.91 Å². The molecule has 1 aliphatic heterocycles. The summed E-state index contributed by atoms with van der Waals surface area (Å²) in [7, 11) is 0. The first-order valence-corrected chi connectivity index (χ1v) is 29.9. The molecule has 1 fully saturated rings. The molecule has 1 heterocycles. The first-order chi connectivity index (χ1) is 36.4. The van der Waals surface area contributed by atoms with E-state index in [1.807, 2.05) is 6.07 Å². The predicted octanol–water partition coefficient (Wildman–Crippen LogP) is 15.7. The summed E-state index contributed by atoms with van der Waals surface area (Å²) in [5.41, 5.74) is 0.711. The first-order valence-electron chi connectivity index (χ1n) is 29.9. The molecule has 6 atom stereocenters. The Bertz CT molecular complexity index is 1600. The number of unbranched alkanes of at least 4 members (excludes halogenated alkanes) is 28. The molecule has 2 rings (SSSR count). The lowest BCUT2D eigenvalue weighted by atomic mass is 9.95. The van der Waals surface area contributed by atoms with Crippen LogP contribution < -0.4 is 5.32 Å². The second-order valence-corrected chi connectivity index (χ2v) is 21.0. The van der Waals surface area contributed by atoms with E-state index < -0.39 is 79.7 Å². The maximum Gasteiger partial charge on any atom is 0.508 e. The van der Waals surface area contributed by atoms with Crippen molar-refractivity contribution >= 4 is 24.0 Å². The highest BCUT2D eigenvalue weighted by atomic mass is 19.3. The number of carbonyl (C=O) groups is 4. The topological polar surface area (TPSA) is 156 Å². The van der Waals surface area contributed by atoms with Crippen molar-refractivity contribution in [2.45, 2.75) is 301 Å². The zero-order chi connectivity index (χ0) is 54.6. The minimum Gasteiger partial charge on any atom is -0.462 e. The van der Waals surface area contributed by atoms with Crippen LogP contribution in [0.15, 0.2) is 43.0 Å². The van der Waals surface area contributed by atoms with E-state index in [2.05, 4.69) is 32.7 Å². The molecule has 432 valence electrons. The molecule has 14 heteroatoms. The molecular formula is C61H103F2NO11. The number of allylic oxidation sites excluding steroid dienone is 1. The van der Waals surface area contributed by atoms with Crippen LogP contribution in [-0.4, -0.2) is 85.0 Å². The minimum atomic E-state index is -3.81. The number of esters is 2. The number of ether oxygens (including phenoxy) is 6. The van der Waals surface area contributed by atoms with E-state index in [1.54, 1.807) is 30.3 Å². The Balaban J connectivity index is 2.26. The van der Waals surface area contributed by atoms with Crippen molar-refractivity contribution in [1.29, 1.82) is 0 Å². The van der Waals surface area contributed by atoms with Crippen LogP contribution in [0.2, 0.25) is 0 Å². The quantitative estimate of drug-likeness (QED) is 0.0277. The van der Waals surface area contributed by atoms with Crippen LogP contribution in [0.4, 0.5) is 13.6 Å². The monoisotopic (exact) mass is 1060 g/mol. The summed E-state index contributed by atoms with van der Waals surface area (Å²) in [5.74, 6) is -6.73. The Morgan fingerprint density at radius 2 is 1.19 bits per heavy atom. The van der Waals surface area contributed by atoms with Gasteiger partial charge in [-0.05, 0) is 44.1 Å². The van der Waals surface area contributed by atoms with Gasteiger partial charge in [-0.1, -0.05) is 231 Å². The molecule has 2 N–H and O–H groups in total. The van der Waals surface area contributed by atoms with Gasteiger partial charge in [-0.2, -0.15) is 8.78 Å². The van der Waals surface area contributed by atoms with Gasteiger partial charge in [-0.3, -0.25) is 14.4 Å². The van der Waals surface area contributed by atoms with Gasteiger partial charge in [0.1, 0.15) is 37.6 Å². The van der Waals surface area contributed by atoms with Gasteiger partial charge in [-0.25, -0.2) is 4.79 Å². The Labute approximate surface area is 452 Å². The summed E-state index contributed by atoms with van der Waals surface area (Å²) in [6.45, 7) is 9.67. The van der Waals surface area contributed by atoms with E-state index in [0.29, 0.717) is 44.1 Å². The predicted molar refractivity (Wildman–Crippen MR) is 293 cm³/mol. The maximum absolute atomic E-state index is 15.8. The highest BCUT2D eigenvalue weighted by molar-refractivity contribution is 5.83. The van der Waals surface area contributed by atoms with Crippen molar-refractivity contribution in [3.63, 3.8) is 0 Å². The molecule has 75 heavy (non-hydrogen) atoms. The molecule has 1 aromatic rings. The van der Waals surface area contributed by atoms with Gasteiger partial charge < -0.3 is 38.8 Å². The third-order valence-electron chi connectivity index (χ3n) is 14.1. The number of aliphatic hydroxyl groups excluding tert-OH is 1. The van der Waals surface area contributed by atoms with Crippen LogP contribution in [-0.2, 0) is 49.4 Å². The number of halogens is 2. The van der Waals surface area contributed by atoms with Gasteiger partial charge in [0.05, 0.1) is 13.0 Å².